The Bertz CT molecular complexity index is 437. The van der Waals surface area contributed by atoms with E-state index >= 15 is 0 Å². The van der Waals surface area contributed by atoms with Crippen molar-refractivity contribution in [2.75, 3.05) is 13.7 Å². The van der Waals surface area contributed by atoms with E-state index in [1.165, 1.54) is 7.11 Å². The molecule has 6 nitrogen and oxygen atoms in total. The van der Waals surface area contributed by atoms with Gasteiger partial charge in [0.1, 0.15) is 24.4 Å². The topological polar surface area (TPSA) is 77.4 Å². The Hall–Kier alpha value is -1.02. The highest BCUT2D eigenvalue weighted by atomic mass is 16.7. The molecule has 110 valence electrons. The number of hydrogen-bond donors (Lipinski definition) is 2. The number of aliphatic hydroxyl groups excluding tert-OH is 2. The van der Waals surface area contributed by atoms with Crippen molar-refractivity contribution in [3.05, 3.63) is 35.9 Å². The Balaban J connectivity index is 1.74. The van der Waals surface area contributed by atoms with Crippen LogP contribution in [0.2, 0.25) is 0 Å². The second-order valence-electron chi connectivity index (χ2n) is 4.94. The van der Waals surface area contributed by atoms with Gasteiger partial charge in [0, 0.05) is 12.7 Å². The van der Waals surface area contributed by atoms with Crippen molar-refractivity contribution < 1.29 is 29.2 Å². The van der Waals surface area contributed by atoms with Gasteiger partial charge in [-0.25, -0.2) is 0 Å². The highest BCUT2D eigenvalue weighted by molar-refractivity contribution is 5.16. The van der Waals surface area contributed by atoms with E-state index < -0.39 is 37.0 Å². The molecule has 6 atom stereocenters. The lowest BCUT2D eigenvalue weighted by Crippen LogP contribution is -2.62. The molecule has 2 saturated heterocycles. The summed E-state index contributed by atoms with van der Waals surface area (Å²) in [6.45, 7) is 0.272. The third kappa shape index (κ3) is 2.46. The average molecular weight is 282 g/mol. The molecule has 20 heavy (non-hydrogen) atoms. The van der Waals surface area contributed by atoms with Crippen LogP contribution in [-0.2, 0) is 18.9 Å². The molecule has 2 fully saturated rings. The molecule has 1 aromatic carbocycles. The second kappa shape index (κ2) is 5.77. The molecule has 0 aliphatic carbocycles. The standard InChI is InChI=1S/C14H18O6/c1-17-14-11(16)10(15)12-9(19-14)7-18-13(20-12)8-5-3-2-4-6-8/h2-6,9-16H,7H2,1H3/t9-,10+,11-,12-,13-,14+/m1/s1. The first-order chi connectivity index (χ1) is 9.70. The van der Waals surface area contributed by atoms with E-state index in [4.69, 9.17) is 18.9 Å². The van der Waals surface area contributed by atoms with Crippen LogP contribution in [0.5, 0.6) is 0 Å². The summed E-state index contributed by atoms with van der Waals surface area (Å²) < 4.78 is 21.9. The highest BCUT2D eigenvalue weighted by Gasteiger charge is 2.48. The summed E-state index contributed by atoms with van der Waals surface area (Å²) in [5, 5.41) is 20.1. The van der Waals surface area contributed by atoms with Gasteiger partial charge in [-0.3, -0.25) is 0 Å². The quantitative estimate of drug-likeness (QED) is 0.806. The molecule has 3 rings (SSSR count). The zero-order valence-electron chi connectivity index (χ0n) is 11.1. The van der Waals surface area contributed by atoms with Crippen LogP contribution in [0, 0.1) is 0 Å². The van der Waals surface area contributed by atoms with Crippen molar-refractivity contribution in [2.45, 2.75) is 37.0 Å². The van der Waals surface area contributed by atoms with E-state index in [-0.39, 0.29) is 6.61 Å². The number of fused-ring (bicyclic) bond motifs is 1. The van der Waals surface area contributed by atoms with Gasteiger partial charge in [-0.15, -0.1) is 0 Å². The summed E-state index contributed by atoms with van der Waals surface area (Å²) in [5.74, 6) is 0. The summed E-state index contributed by atoms with van der Waals surface area (Å²) in [5.41, 5.74) is 0.863. The molecule has 0 saturated carbocycles. The van der Waals surface area contributed by atoms with Crippen LogP contribution < -0.4 is 0 Å². The monoisotopic (exact) mass is 282 g/mol. The van der Waals surface area contributed by atoms with Crippen molar-refractivity contribution in [3.63, 3.8) is 0 Å². The molecule has 2 heterocycles. The zero-order chi connectivity index (χ0) is 14.1. The first kappa shape index (κ1) is 13.9. The Labute approximate surface area is 116 Å². The summed E-state index contributed by atoms with van der Waals surface area (Å²) in [7, 11) is 1.41. The number of methoxy groups -OCH3 is 1. The van der Waals surface area contributed by atoms with E-state index in [0.29, 0.717) is 0 Å². The van der Waals surface area contributed by atoms with E-state index in [1.54, 1.807) is 0 Å². The molecule has 0 radical (unpaired) electrons. The van der Waals surface area contributed by atoms with Gasteiger partial charge in [0.05, 0.1) is 6.61 Å². The zero-order valence-corrected chi connectivity index (χ0v) is 11.1. The second-order valence-corrected chi connectivity index (χ2v) is 4.94. The first-order valence-electron chi connectivity index (χ1n) is 6.57. The normalized spacial score (nSPS) is 41.1. The SMILES string of the molecule is CO[C@H]1O[C@@H]2CO[C@@H](c3ccccc3)O[C@H]2[C@@H](O)[C@H]1O. The summed E-state index contributed by atoms with van der Waals surface area (Å²) in [4.78, 5) is 0. The van der Waals surface area contributed by atoms with Gasteiger partial charge in [-0.1, -0.05) is 30.3 Å². The minimum atomic E-state index is -1.14. The van der Waals surface area contributed by atoms with Gasteiger partial charge < -0.3 is 29.2 Å². The molecule has 0 unspecified atom stereocenters. The van der Waals surface area contributed by atoms with Gasteiger partial charge in [0.15, 0.2) is 12.6 Å². The van der Waals surface area contributed by atoms with Crippen LogP contribution in [0.3, 0.4) is 0 Å². The number of benzene rings is 1. The Morgan fingerprint density at radius 1 is 1.10 bits per heavy atom. The minimum absolute atomic E-state index is 0.272. The van der Waals surface area contributed by atoms with Gasteiger partial charge >= 0.3 is 0 Å². The molecule has 2 N–H and O–H groups in total. The maximum Gasteiger partial charge on any atom is 0.186 e. The van der Waals surface area contributed by atoms with Crippen molar-refractivity contribution in [1.29, 1.82) is 0 Å². The molecule has 1 aromatic rings. The molecular weight excluding hydrogens is 264 g/mol. The third-order valence-electron chi connectivity index (χ3n) is 3.64. The molecule has 6 heteroatoms. The maximum absolute atomic E-state index is 10.1. The van der Waals surface area contributed by atoms with E-state index in [1.807, 2.05) is 30.3 Å². The number of aliphatic hydroxyl groups is 2. The summed E-state index contributed by atoms with van der Waals surface area (Å²) >= 11 is 0. The molecule has 0 bridgehead atoms. The summed E-state index contributed by atoms with van der Waals surface area (Å²) in [6, 6.07) is 9.45. The van der Waals surface area contributed by atoms with Crippen molar-refractivity contribution in [3.8, 4) is 0 Å². The molecule has 2 aliphatic rings. The van der Waals surface area contributed by atoms with Gasteiger partial charge in [-0.05, 0) is 0 Å². The largest absolute Gasteiger partial charge is 0.387 e. The Kier molecular flexibility index (Phi) is 4.02. The van der Waals surface area contributed by atoms with Crippen LogP contribution in [0.15, 0.2) is 30.3 Å². The van der Waals surface area contributed by atoms with Crippen LogP contribution in [0.25, 0.3) is 0 Å². The Morgan fingerprint density at radius 3 is 2.55 bits per heavy atom. The lowest BCUT2D eigenvalue weighted by molar-refractivity contribution is -0.358. The van der Waals surface area contributed by atoms with Crippen molar-refractivity contribution >= 4 is 0 Å². The first-order valence-corrected chi connectivity index (χ1v) is 6.57. The fraction of sp³-hybridized carbons (Fsp3) is 0.571. The fourth-order valence-corrected chi connectivity index (χ4v) is 2.55. The van der Waals surface area contributed by atoms with E-state index in [0.717, 1.165) is 5.56 Å². The van der Waals surface area contributed by atoms with E-state index in [9.17, 15) is 10.2 Å². The molecule has 0 aromatic heterocycles. The Morgan fingerprint density at radius 2 is 1.85 bits per heavy atom. The molecular formula is C14H18O6. The third-order valence-corrected chi connectivity index (χ3v) is 3.64. The number of ether oxygens (including phenoxy) is 4. The van der Waals surface area contributed by atoms with Crippen LogP contribution >= 0.6 is 0 Å². The number of hydrogen-bond acceptors (Lipinski definition) is 6. The molecule has 0 amide bonds. The highest BCUT2D eigenvalue weighted by Crippen LogP contribution is 2.33. The predicted octanol–water partition coefficient (Wildman–Crippen LogP) is 0.194. The van der Waals surface area contributed by atoms with Gasteiger partial charge in [0.25, 0.3) is 0 Å². The molecule has 0 spiro atoms. The molecule has 2 aliphatic heterocycles. The smallest absolute Gasteiger partial charge is 0.186 e. The van der Waals surface area contributed by atoms with Crippen molar-refractivity contribution in [2.24, 2.45) is 0 Å². The van der Waals surface area contributed by atoms with Crippen LogP contribution in [0.4, 0.5) is 0 Å². The van der Waals surface area contributed by atoms with Crippen LogP contribution in [-0.4, -0.2) is 54.6 Å². The minimum Gasteiger partial charge on any atom is -0.387 e. The maximum atomic E-state index is 10.1. The average Bonchev–Trinajstić information content (AvgIpc) is 2.51. The lowest BCUT2D eigenvalue weighted by atomic mass is 9.98. The van der Waals surface area contributed by atoms with Crippen LogP contribution in [0.1, 0.15) is 11.9 Å². The van der Waals surface area contributed by atoms with Gasteiger partial charge in [0.2, 0.25) is 0 Å². The predicted molar refractivity (Wildman–Crippen MR) is 67.7 cm³/mol. The summed E-state index contributed by atoms with van der Waals surface area (Å²) in [6.07, 6.45) is -4.76. The van der Waals surface area contributed by atoms with Crippen molar-refractivity contribution in [1.82, 2.24) is 0 Å². The van der Waals surface area contributed by atoms with Gasteiger partial charge in [-0.2, -0.15) is 0 Å². The lowest BCUT2D eigenvalue weighted by Gasteiger charge is -2.45. The van der Waals surface area contributed by atoms with E-state index in [2.05, 4.69) is 0 Å². The fourth-order valence-electron chi connectivity index (χ4n) is 2.55. The number of rotatable bonds is 2.